The minimum Gasteiger partial charge on any atom is -0.497 e. The van der Waals surface area contributed by atoms with Crippen molar-refractivity contribution in [2.75, 3.05) is 50.6 Å². The van der Waals surface area contributed by atoms with Gasteiger partial charge in [-0.1, -0.05) is 6.07 Å². The fourth-order valence-corrected chi connectivity index (χ4v) is 3.87. The summed E-state index contributed by atoms with van der Waals surface area (Å²) in [5.74, 6) is 0.267. The number of nitrogens with zero attached hydrogens (tertiary/aromatic N) is 2. The molecular weight excluding hydrogens is 437 g/mol. The Hall–Kier alpha value is -4.07. The lowest BCUT2D eigenvalue weighted by molar-refractivity contribution is 0.0746. The second-order valence-corrected chi connectivity index (χ2v) is 7.89. The highest BCUT2D eigenvalue weighted by Crippen LogP contribution is 2.25. The first-order valence-electron chi connectivity index (χ1n) is 10.9. The van der Waals surface area contributed by atoms with Crippen molar-refractivity contribution in [1.82, 2.24) is 4.90 Å². The van der Waals surface area contributed by atoms with Crippen LogP contribution in [0.1, 0.15) is 20.7 Å². The monoisotopic (exact) mass is 463 g/mol. The quantitative estimate of drug-likeness (QED) is 0.597. The van der Waals surface area contributed by atoms with Crippen molar-refractivity contribution < 1.29 is 23.5 Å². The van der Waals surface area contributed by atoms with Crippen LogP contribution in [0.2, 0.25) is 0 Å². The maximum Gasteiger partial charge on any atom is 0.255 e. The van der Waals surface area contributed by atoms with E-state index in [1.807, 2.05) is 29.2 Å². The van der Waals surface area contributed by atoms with Gasteiger partial charge in [-0.3, -0.25) is 9.59 Å². The Bertz CT molecular complexity index is 1150. The topological polar surface area (TPSA) is 71.1 Å². The molecule has 0 atom stereocenters. The van der Waals surface area contributed by atoms with E-state index in [2.05, 4.69) is 10.2 Å². The van der Waals surface area contributed by atoms with Gasteiger partial charge < -0.3 is 24.6 Å². The van der Waals surface area contributed by atoms with Crippen molar-refractivity contribution >= 4 is 23.2 Å². The molecule has 0 bridgehead atoms. The average molecular weight is 464 g/mol. The molecule has 3 aromatic carbocycles. The summed E-state index contributed by atoms with van der Waals surface area (Å²) in [5, 5.41) is 2.78. The van der Waals surface area contributed by atoms with Crippen LogP contribution in [0.25, 0.3) is 0 Å². The van der Waals surface area contributed by atoms with Gasteiger partial charge >= 0.3 is 0 Å². The van der Waals surface area contributed by atoms with Gasteiger partial charge in [0.25, 0.3) is 11.8 Å². The van der Waals surface area contributed by atoms with Crippen LogP contribution >= 0.6 is 0 Å². The van der Waals surface area contributed by atoms with Crippen LogP contribution in [-0.4, -0.2) is 57.1 Å². The van der Waals surface area contributed by atoms with E-state index in [1.165, 1.54) is 18.2 Å². The van der Waals surface area contributed by atoms with E-state index in [0.29, 0.717) is 48.9 Å². The van der Waals surface area contributed by atoms with Gasteiger partial charge in [-0.2, -0.15) is 0 Å². The minimum absolute atomic E-state index is 0.0627. The third-order valence-corrected chi connectivity index (χ3v) is 5.74. The zero-order chi connectivity index (χ0) is 24.1. The van der Waals surface area contributed by atoms with Crippen LogP contribution in [0.5, 0.6) is 11.5 Å². The molecule has 0 spiro atoms. The molecular formula is C26H26FN3O4. The van der Waals surface area contributed by atoms with Crippen LogP contribution in [0.4, 0.5) is 15.8 Å². The lowest BCUT2D eigenvalue weighted by Crippen LogP contribution is -2.48. The number of nitrogens with one attached hydrogen (secondary N) is 1. The summed E-state index contributed by atoms with van der Waals surface area (Å²) in [6.07, 6.45) is 0. The van der Waals surface area contributed by atoms with Gasteiger partial charge in [-0.05, 0) is 54.6 Å². The van der Waals surface area contributed by atoms with Crippen molar-refractivity contribution in [2.45, 2.75) is 0 Å². The molecule has 1 aliphatic rings. The molecule has 0 aromatic heterocycles. The molecule has 176 valence electrons. The highest BCUT2D eigenvalue weighted by molar-refractivity contribution is 6.04. The second-order valence-electron chi connectivity index (χ2n) is 7.89. The van der Waals surface area contributed by atoms with Gasteiger partial charge in [0.1, 0.15) is 17.3 Å². The Morgan fingerprint density at radius 1 is 0.824 bits per heavy atom. The molecule has 1 N–H and O–H groups in total. The highest BCUT2D eigenvalue weighted by atomic mass is 19.1. The molecule has 3 aromatic rings. The number of hydrogen-bond donors (Lipinski definition) is 1. The van der Waals surface area contributed by atoms with Gasteiger partial charge in [-0.15, -0.1) is 0 Å². The summed E-state index contributed by atoms with van der Waals surface area (Å²) >= 11 is 0. The fraction of sp³-hybridized carbons (Fsp3) is 0.231. The van der Waals surface area contributed by atoms with Gasteiger partial charge in [0.15, 0.2) is 0 Å². The summed E-state index contributed by atoms with van der Waals surface area (Å²) in [5.41, 5.74) is 2.42. The summed E-state index contributed by atoms with van der Waals surface area (Å²) < 4.78 is 23.9. The molecule has 0 radical (unpaired) electrons. The van der Waals surface area contributed by atoms with E-state index in [-0.39, 0.29) is 17.4 Å². The smallest absolute Gasteiger partial charge is 0.255 e. The predicted molar refractivity (Wildman–Crippen MR) is 128 cm³/mol. The van der Waals surface area contributed by atoms with E-state index in [9.17, 15) is 14.0 Å². The van der Waals surface area contributed by atoms with Crippen molar-refractivity contribution in [1.29, 1.82) is 0 Å². The first-order valence-corrected chi connectivity index (χ1v) is 10.9. The zero-order valence-electron chi connectivity index (χ0n) is 19.1. The first kappa shape index (κ1) is 23.1. The van der Waals surface area contributed by atoms with Crippen molar-refractivity contribution in [2.24, 2.45) is 0 Å². The van der Waals surface area contributed by atoms with Crippen molar-refractivity contribution in [3.63, 3.8) is 0 Å². The fourth-order valence-electron chi connectivity index (χ4n) is 3.87. The van der Waals surface area contributed by atoms with Crippen molar-refractivity contribution in [3.05, 3.63) is 83.7 Å². The molecule has 0 unspecified atom stereocenters. The number of halogens is 1. The normalized spacial score (nSPS) is 13.4. The molecule has 7 nitrogen and oxygen atoms in total. The van der Waals surface area contributed by atoms with Crippen LogP contribution < -0.4 is 19.7 Å². The minimum atomic E-state index is -0.453. The number of ether oxygens (including phenoxy) is 2. The zero-order valence-corrected chi connectivity index (χ0v) is 19.1. The molecule has 1 aliphatic heterocycles. The molecule has 0 aliphatic carbocycles. The molecule has 0 saturated carbocycles. The van der Waals surface area contributed by atoms with E-state index >= 15 is 0 Å². The first-order chi connectivity index (χ1) is 16.5. The number of methoxy groups -OCH3 is 2. The van der Waals surface area contributed by atoms with E-state index in [4.69, 9.17) is 9.47 Å². The van der Waals surface area contributed by atoms with Crippen LogP contribution in [-0.2, 0) is 0 Å². The Morgan fingerprint density at radius 3 is 2.06 bits per heavy atom. The molecule has 1 fully saturated rings. The summed E-state index contributed by atoms with van der Waals surface area (Å²) in [4.78, 5) is 29.3. The molecule has 4 rings (SSSR count). The molecule has 2 amide bonds. The van der Waals surface area contributed by atoms with Crippen LogP contribution in [0.3, 0.4) is 0 Å². The summed E-state index contributed by atoms with van der Waals surface area (Å²) in [6, 6.07) is 18.2. The summed E-state index contributed by atoms with van der Waals surface area (Å²) in [6.45, 7) is 2.52. The number of hydrogen-bond acceptors (Lipinski definition) is 5. The number of rotatable bonds is 6. The molecule has 34 heavy (non-hydrogen) atoms. The largest absolute Gasteiger partial charge is 0.497 e. The Morgan fingerprint density at radius 2 is 1.47 bits per heavy atom. The van der Waals surface area contributed by atoms with E-state index in [1.54, 1.807) is 38.5 Å². The maximum atomic E-state index is 13.3. The predicted octanol–water partition coefficient (Wildman–Crippen LogP) is 4.06. The Kier molecular flexibility index (Phi) is 6.96. The Labute approximate surface area is 197 Å². The third-order valence-electron chi connectivity index (χ3n) is 5.74. The lowest BCUT2D eigenvalue weighted by atomic mass is 10.1. The number of benzene rings is 3. The van der Waals surface area contributed by atoms with E-state index in [0.717, 1.165) is 5.69 Å². The molecule has 1 heterocycles. The second kappa shape index (κ2) is 10.2. The summed E-state index contributed by atoms with van der Waals surface area (Å²) in [7, 11) is 3.11. The number of carbonyl (C=O) groups is 2. The lowest BCUT2D eigenvalue weighted by Gasteiger charge is -2.36. The number of carbonyl (C=O) groups excluding carboxylic acids is 2. The van der Waals surface area contributed by atoms with Crippen LogP contribution in [0, 0.1) is 5.82 Å². The number of amides is 2. The average Bonchev–Trinajstić information content (AvgIpc) is 2.88. The van der Waals surface area contributed by atoms with Gasteiger partial charge in [0, 0.05) is 54.7 Å². The van der Waals surface area contributed by atoms with Crippen molar-refractivity contribution in [3.8, 4) is 11.5 Å². The third kappa shape index (κ3) is 5.28. The van der Waals surface area contributed by atoms with E-state index < -0.39 is 5.82 Å². The highest BCUT2D eigenvalue weighted by Gasteiger charge is 2.23. The van der Waals surface area contributed by atoms with Gasteiger partial charge in [0.05, 0.1) is 14.2 Å². The number of anilines is 2. The Balaban J connectivity index is 1.35. The van der Waals surface area contributed by atoms with Crippen LogP contribution in [0.15, 0.2) is 66.7 Å². The molecule has 1 saturated heterocycles. The maximum absolute atomic E-state index is 13.3. The molecule has 8 heteroatoms. The number of piperazine rings is 1. The van der Waals surface area contributed by atoms with Gasteiger partial charge in [0.2, 0.25) is 0 Å². The standard InChI is InChI=1S/C26H26FN3O4/c1-33-23-15-19(16-24(17-23)34-2)26(32)30-12-10-29(11-13-30)22-8-6-21(7-9-22)28-25(31)18-4-3-5-20(27)14-18/h3-9,14-17H,10-13H2,1-2H3,(H,28,31). The van der Waals surface area contributed by atoms with Gasteiger partial charge in [-0.25, -0.2) is 4.39 Å². The SMILES string of the molecule is COc1cc(OC)cc(C(=O)N2CCN(c3ccc(NC(=O)c4cccc(F)c4)cc3)CC2)c1.